The molecule has 116 valence electrons. The average molecular weight is 321 g/mol. The van der Waals surface area contributed by atoms with Crippen LogP contribution in [0, 0.1) is 6.92 Å². The lowest BCUT2D eigenvalue weighted by molar-refractivity contribution is 0.0705. The Morgan fingerprint density at radius 3 is 3.00 bits per heavy atom. The molecule has 1 amide bonds. The molecule has 6 nitrogen and oxygen atoms in total. The van der Waals surface area contributed by atoms with Crippen molar-refractivity contribution in [2.24, 2.45) is 0 Å². The number of hydrogen-bond donors (Lipinski definition) is 2. The zero-order valence-electron chi connectivity index (χ0n) is 12.2. The maximum Gasteiger partial charge on any atom is 0.266 e. The van der Waals surface area contributed by atoms with E-state index in [9.17, 15) is 9.59 Å². The number of likely N-dealkylation sites (tertiary alicyclic amines) is 1. The number of aryl methyl sites for hydroxylation is 1. The van der Waals surface area contributed by atoms with Gasteiger partial charge in [-0.2, -0.15) is 5.10 Å². The van der Waals surface area contributed by atoms with E-state index in [-0.39, 0.29) is 22.4 Å². The Morgan fingerprint density at radius 1 is 1.50 bits per heavy atom. The van der Waals surface area contributed by atoms with Crippen molar-refractivity contribution < 1.29 is 4.79 Å². The maximum atomic E-state index is 12.6. The van der Waals surface area contributed by atoms with Crippen molar-refractivity contribution in [2.75, 3.05) is 13.1 Å². The number of pyridine rings is 1. The largest absolute Gasteiger partial charge is 0.338 e. The van der Waals surface area contributed by atoms with E-state index in [1.807, 2.05) is 6.92 Å². The molecule has 0 saturated carbocycles. The fourth-order valence-electron chi connectivity index (χ4n) is 2.93. The van der Waals surface area contributed by atoms with E-state index in [2.05, 4.69) is 15.2 Å². The van der Waals surface area contributed by atoms with Gasteiger partial charge in [0, 0.05) is 30.9 Å². The summed E-state index contributed by atoms with van der Waals surface area (Å²) < 4.78 is 0. The van der Waals surface area contributed by atoms with Crippen molar-refractivity contribution in [1.29, 1.82) is 0 Å². The third kappa shape index (κ3) is 2.78. The quantitative estimate of drug-likeness (QED) is 0.888. The minimum absolute atomic E-state index is 0.0313. The number of rotatable bonds is 2. The van der Waals surface area contributed by atoms with Crippen LogP contribution in [0.5, 0.6) is 0 Å². The Balaban J connectivity index is 1.79. The second-order valence-corrected chi connectivity index (χ2v) is 6.03. The minimum Gasteiger partial charge on any atom is -0.338 e. The molecule has 0 unspecified atom stereocenters. The van der Waals surface area contributed by atoms with Crippen LogP contribution in [0.2, 0.25) is 5.02 Å². The lowest BCUT2D eigenvalue weighted by atomic mass is 9.92. The predicted molar refractivity (Wildman–Crippen MR) is 83.3 cm³/mol. The Kier molecular flexibility index (Phi) is 4.02. The molecular weight excluding hydrogens is 304 g/mol. The van der Waals surface area contributed by atoms with Gasteiger partial charge in [0.2, 0.25) is 0 Å². The van der Waals surface area contributed by atoms with Crippen LogP contribution in [0.1, 0.15) is 40.4 Å². The normalized spacial score (nSPS) is 18.5. The molecule has 7 heteroatoms. The van der Waals surface area contributed by atoms with Crippen molar-refractivity contribution in [3.05, 3.63) is 50.7 Å². The number of nitrogens with one attached hydrogen (secondary N) is 2. The smallest absolute Gasteiger partial charge is 0.266 e. The minimum atomic E-state index is -0.386. The Morgan fingerprint density at radius 2 is 2.32 bits per heavy atom. The highest BCUT2D eigenvalue weighted by Crippen LogP contribution is 2.28. The van der Waals surface area contributed by atoms with Crippen LogP contribution in [-0.2, 0) is 0 Å². The van der Waals surface area contributed by atoms with Gasteiger partial charge in [-0.3, -0.25) is 14.7 Å². The summed E-state index contributed by atoms with van der Waals surface area (Å²) >= 11 is 5.80. The number of hydrogen-bond acceptors (Lipinski definition) is 3. The molecule has 2 aromatic rings. The van der Waals surface area contributed by atoms with Gasteiger partial charge in [0.05, 0.1) is 11.8 Å². The van der Waals surface area contributed by atoms with Crippen LogP contribution in [0.3, 0.4) is 0 Å². The summed E-state index contributed by atoms with van der Waals surface area (Å²) in [6, 6.07) is 1.42. The molecule has 1 atom stereocenters. The van der Waals surface area contributed by atoms with E-state index in [1.165, 1.54) is 12.3 Å². The molecule has 0 radical (unpaired) electrons. The highest BCUT2D eigenvalue weighted by molar-refractivity contribution is 6.30. The van der Waals surface area contributed by atoms with Gasteiger partial charge < -0.3 is 9.88 Å². The maximum absolute atomic E-state index is 12.6. The SMILES string of the molecule is Cc1cn[nH]c1[C@H]1CCCN(C(=O)c2c[nH]c(=O)c(Cl)c2)C1. The second kappa shape index (κ2) is 5.96. The first kappa shape index (κ1) is 14.8. The molecule has 0 aromatic carbocycles. The summed E-state index contributed by atoms with van der Waals surface area (Å²) in [4.78, 5) is 28.2. The highest BCUT2D eigenvalue weighted by Gasteiger charge is 2.27. The summed E-state index contributed by atoms with van der Waals surface area (Å²) in [5.74, 6) is 0.151. The molecular formula is C15H17ClN4O2. The van der Waals surface area contributed by atoms with Crippen molar-refractivity contribution in [3.63, 3.8) is 0 Å². The molecule has 2 aromatic heterocycles. The first-order valence-electron chi connectivity index (χ1n) is 7.23. The van der Waals surface area contributed by atoms with E-state index >= 15 is 0 Å². The number of halogens is 1. The lowest BCUT2D eigenvalue weighted by Gasteiger charge is -2.32. The van der Waals surface area contributed by atoms with Crippen LogP contribution >= 0.6 is 11.6 Å². The summed E-state index contributed by atoms with van der Waals surface area (Å²) in [6.07, 6.45) is 5.19. The van der Waals surface area contributed by atoms with Gasteiger partial charge >= 0.3 is 0 Å². The van der Waals surface area contributed by atoms with Gasteiger partial charge in [-0.05, 0) is 31.4 Å². The van der Waals surface area contributed by atoms with Crippen LogP contribution in [0.15, 0.2) is 23.3 Å². The molecule has 1 aliphatic rings. The Bertz CT molecular complexity index is 752. The van der Waals surface area contributed by atoms with Gasteiger partial charge in [0.25, 0.3) is 11.5 Å². The van der Waals surface area contributed by atoms with Crippen molar-refractivity contribution in [2.45, 2.75) is 25.7 Å². The van der Waals surface area contributed by atoms with E-state index in [0.717, 1.165) is 24.1 Å². The van der Waals surface area contributed by atoms with Gasteiger partial charge in [-0.1, -0.05) is 11.6 Å². The molecule has 0 bridgehead atoms. The number of nitrogens with zero attached hydrogens (tertiary/aromatic N) is 2. The number of amides is 1. The third-order valence-corrected chi connectivity index (χ3v) is 4.37. The van der Waals surface area contributed by atoms with Crippen molar-refractivity contribution in [3.8, 4) is 0 Å². The molecule has 1 fully saturated rings. The number of H-pyrrole nitrogens is 2. The van der Waals surface area contributed by atoms with Crippen LogP contribution in [0.4, 0.5) is 0 Å². The van der Waals surface area contributed by atoms with E-state index in [4.69, 9.17) is 11.6 Å². The monoisotopic (exact) mass is 320 g/mol. The van der Waals surface area contributed by atoms with Crippen LogP contribution in [0.25, 0.3) is 0 Å². The zero-order chi connectivity index (χ0) is 15.7. The Hall–Kier alpha value is -2.08. The van der Waals surface area contributed by atoms with Crippen LogP contribution < -0.4 is 5.56 Å². The first-order valence-corrected chi connectivity index (χ1v) is 7.61. The topological polar surface area (TPSA) is 81.8 Å². The summed E-state index contributed by atoms with van der Waals surface area (Å²) in [5.41, 5.74) is 2.23. The molecule has 1 aliphatic heterocycles. The molecule has 1 saturated heterocycles. The second-order valence-electron chi connectivity index (χ2n) is 5.62. The van der Waals surface area contributed by atoms with Crippen molar-refractivity contribution in [1.82, 2.24) is 20.1 Å². The fraction of sp³-hybridized carbons (Fsp3) is 0.400. The third-order valence-electron chi connectivity index (χ3n) is 4.09. The number of carbonyl (C=O) groups is 1. The molecule has 3 rings (SSSR count). The fourth-order valence-corrected chi connectivity index (χ4v) is 3.10. The molecule has 3 heterocycles. The number of piperidine rings is 1. The van der Waals surface area contributed by atoms with Gasteiger partial charge in [-0.15, -0.1) is 0 Å². The molecule has 22 heavy (non-hydrogen) atoms. The van der Waals surface area contributed by atoms with Crippen LogP contribution in [-0.4, -0.2) is 39.1 Å². The van der Waals surface area contributed by atoms with Gasteiger partial charge in [0.15, 0.2) is 0 Å². The average Bonchev–Trinajstić information content (AvgIpc) is 2.95. The number of carbonyl (C=O) groups excluding carboxylic acids is 1. The summed E-state index contributed by atoms with van der Waals surface area (Å²) in [6.45, 7) is 3.36. The molecule has 0 spiro atoms. The number of aromatic amines is 2. The van der Waals surface area contributed by atoms with E-state index in [1.54, 1.807) is 11.1 Å². The predicted octanol–water partition coefficient (Wildman–Crippen LogP) is 2.08. The number of aromatic nitrogens is 3. The molecule has 0 aliphatic carbocycles. The molecule has 2 N–H and O–H groups in total. The van der Waals surface area contributed by atoms with E-state index < -0.39 is 0 Å². The first-order chi connectivity index (χ1) is 10.6. The zero-order valence-corrected chi connectivity index (χ0v) is 13.0. The summed E-state index contributed by atoms with van der Waals surface area (Å²) in [7, 11) is 0. The highest BCUT2D eigenvalue weighted by atomic mass is 35.5. The Labute approximate surface area is 132 Å². The standard InChI is InChI=1S/C15H17ClN4O2/c1-9-6-18-19-13(9)10-3-2-4-20(8-10)15(22)11-5-12(16)14(21)17-7-11/h5-7,10H,2-4,8H2,1H3,(H,17,21)(H,18,19)/t10-/m0/s1. The summed E-state index contributed by atoms with van der Waals surface area (Å²) in [5, 5.41) is 7.13. The van der Waals surface area contributed by atoms with E-state index in [0.29, 0.717) is 18.7 Å². The van der Waals surface area contributed by atoms with Gasteiger partial charge in [-0.25, -0.2) is 0 Å². The lowest BCUT2D eigenvalue weighted by Crippen LogP contribution is -2.39. The van der Waals surface area contributed by atoms with Gasteiger partial charge in [0.1, 0.15) is 5.02 Å². The van der Waals surface area contributed by atoms with Crippen molar-refractivity contribution >= 4 is 17.5 Å².